The van der Waals surface area contributed by atoms with Crippen LogP contribution in [0.1, 0.15) is 23.2 Å². The van der Waals surface area contributed by atoms with Crippen LogP contribution in [0, 0.1) is 0 Å². The Kier molecular flexibility index (Phi) is 5.41. The quantitative estimate of drug-likeness (QED) is 0.687. The second kappa shape index (κ2) is 7.25. The van der Waals surface area contributed by atoms with Gasteiger partial charge in [0.1, 0.15) is 4.90 Å². The van der Waals surface area contributed by atoms with Crippen LogP contribution in [0.5, 0.6) is 0 Å². The van der Waals surface area contributed by atoms with Gasteiger partial charge in [0.15, 0.2) is 0 Å². The zero-order chi connectivity index (χ0) is 18.2. The van der Waals surface area contributed by atoms with Gasteiger partial charge in [-0.25, -0.2) is 13.1 Å². The first-order valence-corrected chi connectivity index (χ1v) is 10.4. The van der Waals surface area contributed by atoms with Gasteiger partial charge in [0.2, 0.25) is 10.0 Å². The average molecular weight is 464 g/mol. The van der Waals surface area contributed by atoms with Crippen LogP contribution < -0.4 is 10.0 Å². The Balaban J connectivity index is 1.91. The van der Waals surface area contributed by atoms with E-state index in [2.05, 4.69) is 26.0 Å². The molecule has 0 bridgehead atoms. The third-order valence-corrected chi connectivity index (χ3v) is 6.38. The Morgan fingerprint density at radius 1 is 1.08 bits per heavy atom. The maximum Gasteiger partial charge on any atom is 0.257 e. The normalized spacial score (nSPS) is 14.4. The Morgan fingerprint density at radius 2 is 1.72 bits per heavy atom. The van der Waals surface area contributed by atoms with E-state index in [0.717, 1.165) is 17.3 Å². The smallest absolute Gasteiger partial charge is 0.257 e. The largest absolute Gasteiger partial charge is 0.322 e. The van der Waals surface area contributed by atoms with Crippen molar-refractivity contribution >= 4 is 60.7 Å². The van der Waals surface area contributed by atoms with E-state index in [-0.39, 0.29) is 26.5 Å². The number of nitrogens with one attached hydrogen (secondary N) is 2. The predicted octanol–water partition coefficient (Wildman–Crippen LogP) is 4.45. The van der Waals surface area contributed by atoms with Gasteiger partial charge in [-0.3, -0.25) is 4.79 Å². The molecular weight excluding hydrogens is 451 g/mol. The SMILES string of the molecule is O=C(Nc1ccc(Br)cc1)c1cc(S(=O)(=O)NC2CC2)c(Cl)cc1Cl. The van der Waals surface area contributed by atoms with E-state index in [1.165, 1.54) is 12.1 Å². The molecule has 5 nitrogen and oxygen atoms in total. The van der Waals surface area contributed by atoms with E-state index in [1.54, 1.807) is 24.3 Å². The van der Waals surface area contributed by atoms with Gasteiger partial charge in [0.05, 0.1) is 15.6 Å². The number of rotatable bonds is 5. The van der Waals surface area contributed by atoms with Crippen molar-refractivity contribution in [1.29, 1.82) is 0 Å². The van der Waals surface area contributed by atoms with Crippen LogP contribution in [0.25, 0.3) is 0 Å². The standard InChI is InChI=1S/C16H13BrCl2N2O3S/c17-9-1-3-10(4-2-9)20-16(22)12-7-15(14(19)8-13(12)18)25(23,24)21-11-5-6-11/h1-4,7-8,11,21H,5-6H2,(H,20,22). The highest BCUT2D eigenvalue weighted by Crippen LogP contribution is 2.31. The van der Waals surface area contributed by atoms with Gasteiger partial charge in [-0.1, -0.05) is 39.1 Å². The van der Waals surface area contributed by atoms with Crippen LogP contribution in [0.15, 0.2) is 45.8 Å². The van der Waals surface area contributed by atoms with Gasteiger partial charge in [-0.2, -0.15) is 0 Å². The zero-order valence-electron chi connectivity index (χ0n) is 12.7. The lowest BCUT2D eigenvalue weighted by Gasteiger charge is -2.12. The molecule has 3 rings (SSSR count). The molecule has 0 spiro atoms. The highest BCUT2D eigenvalue weighted by atomic mass is 79.9. The van der Waals surface area contributed by atoms with Gasteiger partial charge in [-0.05, 0) is 49.2 Å². The summed E-state index contributed by atoms with van der Waals surface area (Å²) in [4.78, 5) is 12.3. The molecule has 1 aliphatic rings. The van der Waals surface area contributed by atoms with E-state index in [9.17, 15) is 13.2 Å². The molecule has 1 aliphatic carbocycles. The first-order chi connectivity index (χ1) is 11.8. The molecule has 2 N–H and O–H groups in total. The maximum atomic E-state index is 12.5. The van der Waals surface area contributed by atoms with Crippen molar-refractivity contribution < 1.29 is 13.2 Å². The molecule has 0 aliphatic heterocycles. The minimum Gasteiger partial charge on any atom is -0.322 e. The first-order valence-electron chi connectivity index (χ1n) is 7.34. The maximum absolute atomic E-state index is 12.5. The van der Waals surface area contributed by atoms with Crippen LogP contribution in [0.4, 0.5) is 5.69 Å². The summed E-state index contributed by atoms with van der Waals surface area (Å²) in [5.74, 6) is -0.521. The number of carbonyl (C=O) groups excluding carboxylic acids is 1. The van der Waals surface area contributed by atoms with Gasteiger partial charge in [0.25, 0.3) is 5.91 Å². The molecule has 9 heteroatoms. The van der Waals surface area contributed by atoms with E-state index in [0.29, 0.717) is 5.69 Å². The lowest BCUT2D eigenvalue weighted by atomic mass is 10.2. The molecule has 25 heavy (non-hydrogen) atoms. The number of hydrogen-bond donors (Lipinski definition) is 2. The van der Waals surface area contributed by atoms with E-state index in [4.69, 9.17) is 23.2 Å². The van der Waals surface area contributed by atoms with E-state index >= 15 is 0 Å². The van der Waals surface area contributed by atoms with Crippen LogP contribution in [0.3, 0.4) is 0 Å². The fraction of sp³-hybridized carbons (Fsp3) is 0.188. The minimum absolute atomic E-state index is 0.0293. The Labute approximate surface area is 163 Å². The summed E-state index contributed by atoms with van der Waals surface area (Å²) in [6, 6.07) is 9.35. The fourth-order valence-corrected chi connectivity index (χ4v) is 4.55. The van der Waals surface area contributed by atoms with Crippen molar-refractivity contribution in [3.8, 4) is 0 Å². The van der Waals surface area contributed by atoms with Crippen molar-refractivity contribution in [1.82, 2.24) is 4.72 Å². The van der Waals surface area contributed by atoms with E-state index < -0.39 is 15.9 Å². The zero-order valence-corrected chi connectivity index (χ0v) is 16.6. The van der Waals surface area contributed by atoms with E-state index in [1.807, 2.05) is 0 Å². The second-order valence-corrected chi connectivity index (χ2v) is 9.03. The Bertz CT molecular complexity index is 929. The fourth-order valence-electron chi connectivity index (χ4n) is 2.12. The summed E-state index contributed by atoms with van der Waals surface area (Å²) >= 11 is 15.4. The van der Waals surface area contributed by atoms with Crippen molar-refractivity contribution in [2.75, 3.05) is 5.32 Å². The summed E-state index contributed by atoms with van der Waals surface area (Å²) in [6.45, 7) is 0. The van der Waals surface area contributed by atoms with Crippen molar-refractivity contribution in [3.63, 3.8) is 0 Å². The third kappa shape index (κ3) is 4.54. The van der Waals surface area contributed by atoms with Gasteiger partial charge in [0, 0.05) is 16.2 Å². The molecule has 2 aromatic carbocycles. The van der Waals surface area contributed by atoms with Gasteiger partial charge < -0.3 is 5.32 Å². The number of sulfonamides is 1. The average Bonchev–Trinajstić information content (AvgIpc) is 3.32. The third-order valence-electron chi connectivity index (χ3n) is 3.56. The van der Waals surface area contributed by atoms with Crippen LogP contribution >= 0.6 is 39.1 Å². The molecule has 2 aromatic rings. The number of amides is 1. The number of carbonyl (C=O) groups is 1. The van der Waals surface area contributed by atoms with Gasteiger partial charge >= 0.3 is 0 Å². The summed E-state index contributed by atoms with van der Waals surface area (Å²) < 4.78 is 28.2. The molecule has 0 unspecified atom stereocenters. The minimum atomic E-state index is -3.81. The Hall–Kier alpha value is -1.12. The number of benzene rings is 2. The van der Waals surface area contributed by atoms with Crippen molar-refractivity contribution in [2.45, 2.75) is 23.8 Å². The summed E-state index contributed by atoms with van der Waals surface area (Å²) in [6.07, 6.45) is 1.59. The Morgan fingerprint density at radius 3 is 2.32 bits per heavy atom. The lowest BCUT2D eigenvalue weighted by Crippen LogP contribution is -2.26. The lowest BCUT2D eigenvalue weighted by molar-refractivity contribution is 0.102. The first kappa shape index (κ1) is 18.7. The van der Waals surface area contributed by atoms with Crippen LogP contribution in [0.2, 0.25) is 10.0 Å². The molecule has 0 saturated heterocycles. The van der Waals surface area contributed by atoms with Gasteiger partial charge in [-0.15, -0.1) is 0 Å². The van der Waals surface area contributed by atoms with Crippen molar-refractivity contribution in [3.05, 3.63) is 56.5 Å². The molecule has 132 valence electrons. The van der Waals surface area contributed by atoms with Crippen LogP contribution in [-0.4, -0.2) is 20.4 Å². The number of halogens is 3. The molecule has 0 radical (unpaired) electrons. The summed E-state index contributed by atoms with van der Waals surface area (Å²) in [7, 11) is -3.81. The monoisotopic (exact) mass is 462 g/mol. The van der Waals surface area contributed by atoms with Crippen LogP contribution in [-0.2, 0) is 10.0 Å². The summed E-state index contributed by atoms with van der Waals surface area (Å²) in [5, 5.41) is 2.72. The highest BCUT2D eigenvalue weighted by Gasteiger charge is 2.30. The topological polar surface area (TPSA) is 75.3 Å². The highest BCUT2D eigenvalue weighted by molar-refractivity contribution is 9.10. The molecule has 1 amide bonds. The molecule has 0 heterocycles. The molecular formula is C16H13BrCl2N2O3S. The number of anilines is 1. The summed E-state index contributed by atoms with van der Waals surface area (Å²) in [5.41, 5.74) is 0.588. The number of hydrogen-bond acceptors (Lipinski definition) is 3. The molecule has 1 fully saturated rings. The molecule has 0 atom stereocenters. The van der Waals surface area contributed by atoms with Crippen molar-refractivity contribution in [2.24, 2.45) is 0 Å². The predicted molar refractivity (Wildman–Crippen MR) is 102 cm³/mol. The second-order valence-electron chi connectivity index (χ2n) is 5.62. The molecule has 0 aromatic heterocycles. The molecule has 1 saturated carbocycles.